The first-order valence-electron chi connectivity index (χ1n) is 8.04. The fraction of sp³-hybridized carbons (Fsp3) is 0.389. The maximum absolute atomic E-state index is 11.9. The van der Waals surface area contributed by atoms with E-state index in [9.17, 15) is 4.79 Å². The summed E-state index contributed by atoms with van der Waals surface area (Å²) in [4.78, 5) is 20.3. The van der Waals surface area contributed by atoms with Gasteiger partial charge in [0.2, 0.25) is 5.95 Å². The molecule has 1 aromatic heterocycles. The van der Waals surface area contributed by atoms with E-state index in [-0.39, 0.29) is 6.03 Å². The van der Waals surface area contributed by atoms with Gasteiger partial charge in [-0.15, -0.1) is 0 Å². The van der Waals surface area contributed by atoms with E-state index >= 15 is 0 Å². The number of nitrogens with zero attached hydrogens (tertiary/aromatic N) is 2. The Bertz CT molecular complexity index is 699. The van der Waals surface area contributed by atoms with E-state index in [1.54, 1.807) is 0 Å². The number of hydrogen-bond acceptors (Lipinski definition) is 4. The fourth-order valence-electron chi connectivity index (χ4n) is 2.84. The SMILES string of the molecule is Cc1cc(C)c(CCNC(=O)NNc2nc(C)cc(C)n2)c(C)c1. The Morgan fingerprint density at radius 2 is 1.54 bits per heavy atom. The van der Waals surface area contributed by atoms with Crippen molar-refractivity contribution in [2.45, 2.75) is 41.0 Å². The lowest BCUT2D eigenvalue weighted by atomic mass is 9.97. The molecular weight excluding hydrogens is 302 g/mol. The molecule has 3 N–H and O–H groups in total. The van der Waals surface area contributed by atoms with Crippen LogP contribution in [0.3, 0.4) is 0 Å². The number of urea groups is 1. The van der Waals surface area contributed by atoms with Gasteiger partial charge in [-0.25, -0.2) is 20.2 Å². The monoisotopic (exact) mass is 327 g/mol. The summed E-state index contributed by atoms with van der Waals surface area (Å²) >= 11 is 0. The largest absolute Gasteiger partial charge is 0.336 e. The number of aromatic nitrogens is 2. The van der Waals surface area contributed by atoms with Crippen LogP contribution in [0.4, 0.5) is 10.7 Å². The molecule has 2 aromatic rings. The van der Waals surface area contributed by atoms with Crippen LogP contribution in [0.15, 0.2) is 18.2 Å². The molecule has 0 aliphatic carbocycles. The number of anilines is 1. The summed E-state index contributed by atoms with van der Waals surface area (Å²) in [7, 11) is 0. The van der Waals surface area contributed by atoms with Gasteiger partial charge in [-0.2, -0.15) is 0 Å². The molecule has 2 amide bonds. The van der Waals surface area contributed by atoms with Crippen LogP contribution in [-0.2, 0) is 6.42 Å². The van der Waals surface area contributed by atoms with Gasteiger partial charge in [0.15, 0.2) is 0 Å². The molecule has 0 aliphatic heterocycles. The number of carbonyl (C=O) groups excluding carboxylic acids is 1. The van der Waals surface area contributed by atoms with Crippen molar-refractivity contribution in [2.75, 3.05) is 12.0 Å². The van der Waals surface area contributed by atoms with Crippen molar-refractivity contribution in [3.05, 3.63) is 51.8 Å². The first-order chi connectivity index (χ1) is 11.3. The quantitative estimate of drug-likeness (QED) is 0.738. The van der Waals surface area contributed by atoms with E-state index in [1.807, 2.05) is 19.9 Å². The van der Waals surface area contributed by atoms with Crippen LogP contribution in [0, 0.1) is 34.6 Å². The maximum Gasteiger partial charge on any atom is 0.333 e. The predicted molar refractivity (Wildman–Crippen MR) is 96.0 cm³/mol. The number of rotatable bonds is 5. The summed E-state index contributed by atoms with van der Waals surface area (Å²) in [6.07, 6.45) is 0.797. The number of amides is 2. The zero-order chi connectivity index (χ0) is 17.7. The summed E-state index contributed by atoms with van der Waals surface area (Å²) in [5, 5.41) is 2.83. The van der Waals surface area contributed by atoms with Gasteiger partial charge in [0.25, 0.3) is 0 Å². The number of benzene rings is 1. The molecule has 0 atom stereocenters. The first-order valence-corrected chi connectivity index (χ1v) is 8.04. The van der Waals surface area contributed by atoms with Gasteiger partial charge in [-0.05, 0) is 63.8 Å². The Morgan fingerprint density at radius 3 is 2.12 bits per heavy atom. The summed E-state index contributed by atoms with van der Waals surface area (Å²) in [5.41, 5.74) is 12.0. The van der Waals surface area contributed by atoms with Crippen molar-refractivity contribution in [1.82, 2.24) is 20.7 Å². The second-order valence-corrected chi connectivity index (χ2v) is 6.11. The number of hydrazine groups is 1. The van der Waals surface area contributed by atoms with Crippen LogP contribution < -0.4 is 16.2 Å². The average Bonchev–Trinajstić information content (AvgIpc) is 2.47. The summed E-state index contributed by atoms with van der Waals surface area (Å²) < 4.78 is 0. The number of nitrogens with one attached hydrogen (secondary N) is 3. The van der Waals surface area contributed by atoms with E-state index in [2.05, 4.69) is 59.0 Å². The molecule has 1 aromatic carbocycles. The minimum atomic E-state index is -0.305. The third kappa shape index (κ3) is 4.94. The number of carbonyl (C=O) groups is 1. The highest BCUT2D eigenvalue weighted by molar-refractivity contribution is 5.74. The fourth-order valence-corrected chi connectivity index (χ4v) is 2.84. The van der Waals surface area contributed by atoms with Crippen LogP contribution in [0.1, 0.15) is 33.6 Å². The number of hydrogen-bond donors (Lipinski definition) is 3. The Hall–Kier alpha value is -2.63. The van der Waals surface area contributed by atoms with Crippen LogP contribution in [0.5, 0.6) is 0 Å². The third-order valence-electron chi connectivity index (χ3n) is 3.77. The van der Waals surface area contributed by atoms with Crippen LogP contribution in [0.2, 0.25) is 0 Å². The highest BCUT2D eigenvalue weighted by Crippen LogP contribution is 2.16. The second-order valence-electron chi connectivity index (χ2n) is 6.11. The minimum absolute atomic E-state index is 0.305. The van der Waals surface area contributed by atoms with Gasteiger partial charge >= 0.3 is 6.03 Å². The van der Waals surface area contributed by atoms with Crippen molar-refractivity contribution < 1.29 is 4.79 Å². The third-order valence-corrected chi connectivity index (χ3v) is 3.77. The Labute approximate surface area is 143 Å². The molecule has 6 heteroatoms. The summed E-state index contributed by atoms with van der Waals surface area (Å²) in [6, 6.07) is 5.90. The topological polar surface area (TPSA) is 78.9 Å². The van der Waals surface area contributed by atoms with E-state index in [1.165, 1.54) is 22.3 Å². The van der Waals surface area contributed by atoms with Crippen LogP contribution in [0.25, 0.3) is 0 Å². The van der Waals surface area contributed by atoms with E-state index in [0.717, 1.165) is 17.8 Å². The van der Waals surface area contributed by atoms with Gasteiger partial charge in [-0.1, -0.05) is 17.7 Å². The van der Waals surface area contributed by atoms with Crippen LogP contribution >= 0.6 is 0 Å². The van der Waals surface area contributed by atoms with Crippen molar-refractivity contribution in [3.63, 3.8) is 0 Å². The van der Waals surface area contributed by atoms with Crippen LogP contribution in [-0.4, -0.2) is 22.5 Å². The normalized spacial score (nSPS) is 10.4. The zero-order valence-corrected chi connectivity index (χ0v) is 14.9. The summed E-state index contributed by atoms with van der Waals surface area (Å²) in [6.45, 7) is 10.6. The van der Waals surface area contributed by atoms with Gasteiger partial charge in [0.1, 0.15) is 0 Å². The lowest BCUT2D eigenvalue weighted by molar-refractivity contribution is 0.243. The second kappa shape index (κ2) is 7.77. The molecule has 0 fully saturated rings. The lowest BCUT2D eigenvalue weighted by Crippen LogP contribution is -2.40. The molecule has 0 bridgehead atoms. The standard InChI is InChI=1S/C18H25N5O/c1-11-8-12(2)16(13(3)9-11)6-7-19-18(24)23-22-17-20-14(4)10-15(5)21-17/h8-10H,6-7H2,1-5H3,(H2,19,23,24)(H,20,21,22). The molecule has 6 nitrogen and oxygen atoms in total. The van der Waals surface area contributed by atoms with Gasteiger partial charge in [-0.3, -0.25) is 5.43 Å². The zero-order valence-electron chi connectivity index (χ0n) is 14.9. The Balaban J connectivity index is 1.81. The van der Waals surface area contributed by atoms with Crippen molar-refractivity contribution in [3.8, 4) is 0 Å². The maximum atomic E-state index is 11.9. The molecule has 2 rings (SSSR count). The minimum Gasteiger partial charge on any atom is -0.336 e. The summed E-state index contributed by atoms with van der Waals surface area (Å²) in [5.74, 6) is 0.382. The molecule has 0 aliphatic rings. The molecule has 128 valence electrons. The Kier molecular flexibility index (Phi) is 5.73. The molecule has 0 spiro atoms. The van der Waals surface area contributed by atoms with E-state index in [4.69, 9.17) is 0 Å². The molecular formula is C18H25N5O. The molecule has 24 heavy (non-hydrogen) atoms. The molecule has 0 saturated heterocycles. The molecule has 0 saturated carbocycles. The molecule has 0 unspecified atom stereocenters. The van der Waals surface area contributed by atoms with Crippen molar-refractivity contribution in [1.29, 1.82) is 0 Å². The predicted octanol–water partition coefficient (Wildman–Crippen LogP) is 2.89. The van der Waals surface area contributed by atoms with E-state index < -0.39 is 0 Å². The average molecular weight is 327 g/mol. The molecule has 1 heterocycles. The van der Waals surface area contributed by atoms with E-state index in [0.29, 0.717) is 12.5 Å². The smallest absolute Gasteiger partial charge is 0.333 e. The van der Waals surface area contributed by atoms with Crippen molar-refractivity contribution in [2.24, 2.45) is 0 Å². The highest BCUT2D eigenvalue weighted by Gasteiger charge is 2.06. The molecule has 0 radical (unpaired) electrons. The first kappa shape index (κ1) is 17.7. The van der Waals surface area contributed by atoms with Crippen molar-refractivity contribution >= 4 is 12.0 Å². The van der Waals surface area contributed by atoms with Gasteiger partial charge < -0.3 is 5.32 Å². The Morgan fingerprint density at radius 1 is 0.958 bits per heavy atom. The van der Waals surface area contributed by atoms with Gasteiger partial charge in [0, 0.05) is 17.9 Å². The number of aryl methyl sites for hydroxylation is 5. The highest BCUT2D eigenvalue weighted by atomic mass is 16.2. The van der Waals surface area contributed by atoms with Gasteiger partial charge in [0.05, 0.1) is 0 Å². The lowest BCUT2D eigenvalue weighted by Gasteiger charge is -2.13.